The van der Waals surface area contributed by atoms with E-state index in [0.717, 1.165) is 18.8 Å². The average Bonchev–Trinajstić information content (AvgIpc) is 2.53. The summed E-state index contributed by atoms with van der Waals surface area (Å²) in [5.41, 5.74) is 0. The van der Waals surface area contributed by atoms with Crippen molar-refractivity contribution < 1.29 is 14.3 Å². The number of carbonyl (C=O) groups excluding carboxylic acids is 2. The summed E-state index contributed by atoms with van der Waals surface area (Å²) in [4.78, 5) is 27.0. The number of carbonyl (C=O) groups is 2. The Bertz CT molecular complexity index is 485. The molecular weight excluding hydrogens is 282 g/mol. The summed E-state index contributed by atoms with van der Waals surface area (Å²) in [7, 11) is 0. The predicted molar refractivity (Wildman–Crippen MR) is 83.6 cm³/mol. The zero-order valence-electron chi connectivity index (χ0n) is 13.0. The van der Waals surface area contributed by atoms with Gasteiger partial charge in [0.05, 0.1) is 13.1 Å². The van der Waals surface area contributed by atoms with Crippen molar-refractivity contribution in [2.45, 2.75) is 6.92 Å². The van der Waals surface area contributed by atoms with Gasteiger partial charge in [-0.2, -0.15) is 0 Å². The van der Waals surface area contributed by atoms with E-state index in [2.05, 4.69) is 10.2 Å². The van der Waals surface area contributed by atoms with Crippen LogP contribution in [0.3, 0.4) is 0 Å². The maximum absolute atomic E-state index is 11.8. The van der Waals surface area contributed by atoms with E-state index < -0.39 is 0 Å². The Morgan fingerprint density at radius 1 is 1.14 bits per heavy atom. The minimum atomic E-state index is -0.00654. The van der Waals surface area contributed by atoms with E-state index in [9.17, 15) is 9.59 Å². The lowest BCUT2D eigenvalue weighted by atomic mass is 10.3. The van der Waals surface area contributed by atoms with Gasteiger partial charge in [-0.25, -0.2) is 0 Å². The van der Waals surface area contributed by atoms with Crippen LogP contribution < -0.4 is 10.1 Å². The number of rotatable bonds is 6. The van der Waals surface area contributed by atoms with Gasteiger partial charge in [-0.3, -0.25) is 14.5 Å². The molecule has 2 rings (SSSR count). The van der Waals surface area contributed by atoms with E-state index in [1.807, 2.05) is 35.2 Å². The molecule has 6 heteroatoms. The third-order valence-electron chi connectivity index (χ3n) is 3.62. The first kappa shape index (κ1) is 16.3. The number of nitrogens with one attached hydrogen (secondary N) is 1. The molecule has 0 spiro atoms. The number of hydrogen-bond acceptors (Lipinski definition) is 4. The molecule has 1 aromatic carbocycles. The summed E-state index contributed by atoms with van der Waals surface area (Å²) in [6.07, 6.45) is 0. The summed E-state index contributed by atoms with van der Waals surface area (Å²) in [6.45, 7) is 5.77. The van der Waals surface area contributed by atoms with Crippen molar-refractivity contribution in [3.63, 3.8) is 0 Å². The highest BCUT2D eigenvalue weighted by Gasteiger charge is 2.19. The molecule has 120 valence electrons. The van der Waals surface area contributed by atoms with Crippen molar-refractivity contribution in [3.8, 4) is 5.75 Å². The molecule has 0 atom stereocenters. The zero-order chi connectivity index (χ0) is 15.8. The van der Waals surface area contributed by atoms with Gasteiger partial charge in [-0.15, -0.1) is 0 Å². The largest absolute Gasteiger partial charge is 0.492 e. The Kier molecular flexibility index (Phi) is 6.21. The van der Waals surface area contributed by atoms with E-state index in [4.69, 9.17) is 4.74 Å². The van der Waals surface area contributed by atoms with E-state index >= 15 is 0 Å². The Hall–Kier alpha value is -2.08. The highest BCUT2D eigenvalue weighted by molar-refractivity contribution is 5.78. The Morgan fingerprint density at radius 2 is 1.82 bits per heavy atom. The van der Waals surface area contributed by atoms with Gasteiger partial charge in [0.15, 0.2) is 0 Å². The second-order valence-corrected chi connectivity index (χ2v) is 5.29. The highest BCUT2D eigenvalue weighted by Crippen LogP contribution is 2.07. The van der Waals surface area contributed by atoms with Crippen molar-refractivity contribution in [1.29, 1.82) is 0 Å². The first-order chi connectivity index (χ1) is 10.6. The molecule has 0 radical (unpaired) electrons. The summed E-state index contributed by atoms with van der Waals surface area (Å²) >= 11 is 0. The van der Waals surface area contributed by atoms with Crippen LogP contribution >= 0.6 is 0 Å². The van der Waals surface area contributed by atoms with Crippen LogP contribution in [0.2, 0.25) is 0 Å². The first-order valence-corrected chi connectivity index (χ1v) is 7.57. The van der Waals surface area contributed by atoms with Crippen molar-refractivity contribution in [3.05, 3.63) is 30.3 Å². The van der Waals surface area contributed by atoms with Crippen molar-refractivity contribution in [2.24, 2.45) is 0 Å². The number of para-hydroxylation sites is 1. The van der Waals surface area contributed by atoms with Crippen LogP contribution in [0.1, 0.15) is 6.92 Å². The minimum absolute atomic E-state index is 0.00654. The fraction of sp³-hybridized carbons (Fsp3) is 0.500. The molecule has 1 aromatic rings. The quantitative estimate of drug-likeness (QED) is 0.770. The summed E-state index contributed by atoms with van der Waals surface area (Å²) in [5, 5.41) is 2.85. The molecule has 0 bridgehead atoms. The van der Waals surface area contributed by atoms with E-state index in [1.165, 1.54) is 0 Å². The van der Waals surface area contributed by atoms with Crippen LogP contribution in [0.4, 0.5) is 0 Å². The second-order valence-electron chi connectivity index (χ2n) is 5.29. The smallest absolute Gasteiger partial charge is 0.234 e. The van der Waals surface area contributed by atoms with Crippen molar-refractivity contribution >= 4 is 11.8 Å². The number of nitrogens with zero attached hydrogens (tertiary/aromatic N) is 2. The maximum Gasteiger partial charge on any atom is 0.234 e. The Balaban J connectivity index is 1.57. The minimum Gasteiger partial charge on any atom is -0.492 e. The third-order valence-corrected chi connectivity index (χ3v) is 3.62. The molecule has 1 aliphatic rings. The summed E-state index contributed by atoms with van der Waals surface area (Å²) < 4.78 is 5.51. The molecule has 1 aliphatic heterocycles. The molecule has 22 heavy (non-hydrogen) atoms. The van der Waals surface area contributed by atoms with Crippen molar-refractivity contribution in [1.82, 2.24) is 15.1 Å². The number of benzene rings is 1. The van der Waals surface area contributed by atoms with Gasteiger partial charge in [0.2, 0.25) is 11.8 Å². The van der Waals surface area contributed by atoms with Gasteiger partial charge in [0.1, 0.15) is 12.4 Å². The normalized spacial score (nSPS) is 15.4. The van der Waals surface area contributed by atoms with Crippen LogP contribution in [0, 0.1) is 0 Å². The summed E-state index contributed by atoms with van der Waals surface area (Å²) in [5.74, 6) is 0.896. The van der Waals surface area contributed by atoms with Crippen LogP contribution in [0.15, 0.2) is 30.3 Å². The Morgan fingerprint density at radius 3 is 2.45 bits per heavy atom. The SMILES string of the molecule is CC(=O)N1CCN(CC(=O)NCCOc2ccccc2)CC1. The number of ether oxygens (including phenoxy) is 1. The maximum atomic E-state index is 11.8. The molecule has 0 aliphatic carbocycles. The zero-order valence-corrected chi connectivity index (χ0v) is 13.0. The molecule has 2 amide bonds. The molecule has 1 fully saturated rings. The highest BCUT2D eigenvalue weighted by atomic mass is 16.5. The lowest BCUT2D eigenvalue weighted by Crippen LogP contribution is -2.50. The monoisotopic (exact) mass is 305 g/mol. The van der Waals surface area contributed by atoms with Gasteiger partial charge in [-0.05, 0) is 12.1 Å². The first-order valence-electron chi connectivity index (χ1n) is 7.57. The fourth-order valence-corrected chi connectivity index (χ4v) is 2.36. The van der Waals surface area contributed by atoms with Crippen LogP contribution in [0.5, 0.6) is 5.75 Å². The van der Waals surface area contributed by atoms with Crippen molar-refractivity contribution in [2.75, 3.05) is 45.9 Å². The lowest BCUT2D eigenvalue weighted by molar-refractivity contribution is -0.131. The lowest BCUT2D eigenvalue weighted by Gasteiger charge is -2.33. The van der Waals surface area contributed by atoms with Crippen LogP contribution in [-0.2, 0) is 9.59 Å². The fourth-order valence-electron chi connectivity index (χ4n) is 2.36. The number of amides is 2. The molecular formula is C16H23N3O3. The Labute approximate surface area is 131 Å². The molecule has 1 heterocycles. The topological polar surface area (TPSA) is 61.9 Å². The van der Waals surface area contributed by atoms with Crippen LogP contribution in [0.25, 0.3) is 0 Å². The molecule has 0 aromatic heterocycles. The van der Waals surface area contributed by atoms with Gasteiger partial charge in [-0.1, -0.05) is 18.2 Å². The van der Waals surface area contributed by atoms with E-state index in [0.29, 0.717) is 32.8 Å². The van der Waals surface area contributed by atoms with E-state index in [-0.39, 0.29) is 11.8 Å². The van der Waals surface area contributed by atoms with Crippen LogP contribution in [-0.4, -0.2) is 67.5 Å². The predicted octanol–water partition coefficient (Wildman–Crippen LogP) is 0.346. The molecule has 1 saturated heterocycles. The molecule has 0 unspecified atom stereocenters. The summed E-state index contributed by atoms with van der Waals surface area (Å²) in [6, 6.07) is 9.52. The number of piperazine rings is 1. The van der Waals surface area contributed by atoms with Gasteiger partial charge < -0.3 is 15.0 Å². The molecule has 1 N–H and O–H groups in total. The van der Waals surface area contributed by atoms with Gasteiger partial charge >= 0.3 is 0 Å². The van der Waals surface area contributed by atoms with Gasteiger partial charge in [0.25, 0.3) is 0 Å². The molecule has 6 nitrogen and oxygen atoms in total. The standard InChI is InChI=1S/C16H23N3O3/c1-14(20)19-10-8-18(9-11-19)13-16(21)17-7-12-22-15-5-3-2-4-6-15/h2-6H,7-13H2,1H3,(H,17,21). The third kappa shape index (κ3) is 5.37. The average molecular weight is 305 g/mol. The number of hydrogen-bond donors (Lipinski definition) is 1. The molecule has 0 saturated carbocycles. The van der Waals surface area contributed by atoms with E-state index in [1.54, 1.807) is 6.92 Å². The second kappa shape index (κ2) is 8.38. The van der Waals surface area contributed by atoms with Gasteiger partial charge in [0, 0.05) is 33.1 Å².